The van der Waals surface area contributed by atoms with Crippen LogP contribution in [-0.2, 0) is 12.8 Å². The lowest BCUT2D eigenvalue weighted by atomic mass is 9.99. The largest absolute Gasteiger partial charge is 0.271 e. The van der Waals surface area contributed by atoms with Crippen molar-refractivity contribution in [2.45, 2.75) is 32.7 Å². The van der Waals surface area contributed by atoms with Gasteiger partial charge in [0.2, 0.25) is 0 Å². The number of halogens is 1. The standard InChI is InChI=1S/C15H19ClN2S/c1-10-3-4-12(7-11(10)2)8-13(18-17)9-14-5-6-15(16)19-14/h3-7,13,18H,8-9,17H2,1-2H3. The Morgan fingerprint density at radius 1 is 1.16 bits per heavy atom. The first-order chi connectivity index (χ1) is 9.08. The van der Waals surface area contributed by atoms with Crippen LogP contribution >= 0.6 is 22.9 Å². The molecule has 1 heterocycles. The minimum absolute atomic E-state index is 0.233. The SMILES string of the molecule is Cc1ccc(CC(Cc2ccc(Cl)s2)NN)cc1C. The number of hydrogen-bond donors (Lipinski definition) is 2. The van der Waals surface area contributed by atoms with E-state index in [1.54, 1.807) is 11.3 Å². The second-order valence-electron chi connectivity index (χ2n) is 4.90. The van der Waals surface area contributed by atoms with Crippen molar-refractivity contribution < 1.29 is 0 Å². The van der Waals surface area contributed by atoms with Crippen molar-refractivity contribution in [2.75, 3.05) is 0 Å². The van der Waals surface area contributed by atoms with Gasteiger partial charge in [0, 0.05) is 10.9 Å². The Morgan fingerprint density at radius 2 is 1.95 bits per heavy atom. The molecule has 0 saturated heterocycles. The highest BCUT2D eigenvalue weighted by Crippen LogP contribution is 2.23. The molecule has 102 valence electrons. The van der Waals surface area contributed by atoms with Crippen LogP contribution in [0.4, 0.5) is 0 Å². The van der Waals surface area contributed by atoms with Gasteiger partial charge in [-0.2, -0.15) is 0 Å². The maximum Gasteiger partial charge on any atom is 0.0931 e. The summed E-state index contributed by atoms with van der Waals surface area (Å²) >= 11 is 7.57. The third-order valence-corrected chi connectivity index (χ3v) is 4.62. The normalized spacial score (nSPS) is 12.6. The lowest BCUT2D eigenvalue weighted by Gasteiger charge is -2.15. The fourth-order valence-corrected chi connectivity index (χ4v) is 3.28. The minimum atomic E-state index is 0.233. The fraction of sp³-hybridized carbons (Fsp3) is 0.333. The molecule has 1 aromatic heterocycles. The van der Waals surface area contributed by atoms with Crippen LogP contribution in [0.25, 0.3) is 0 Å². The summed E-state index contributed by atoms with van der Waals surface area (Å²) in [5.74, 6) is 5.66. The number of aryl methyl sites for hydroxylation is 2. The van der Waals surface area contributed by atoms with Crippen molar-refractivity contribution in [1.29, 1.82) is 0 Å². The summed E-state index contributed by atoms with van der Waals surface area (Å²) in [7, 11) is 0. The van der Waals surface area contributed by atoms with Gasteiger partial charge in [0.1, 0.15) is 0 Å². The Balaban J connectivity index is 2.04. The predicted molar refractivity (Wildman–Crippen MR) is 83.8 cm³/mol. The van der Waals surface area contributed by atoms with E-state index < -0.39 is 0 Å². The maximum absolute atomic E-state index is 5.95. The Morgan fingerprint density at radius 3 is 2.53 bits per heavy atom. The summed E-state index contributed by atoms with van der Waals surface area (Å²) in [6, 6.07) is 10.8. The molecule has 0 saturated carbocycles. The molecule has 0 spiro atoms. The number of benzene rings is 1. The van der Waals surface area contributed by atoms with Crippen LogP contribution in [0.2, 0.25) is 4.34 Å². The molecule has 0 bridgehead atoms. The van der Waals surface area contributed by atoms with Gasteiger partial charge in [-0.3, -0.25) is 11.3 Å². The number of rotatable bonds is 5. The zero-order valence-corrected chi connectivity index (χ0v) is 12.8. The van der Waals surface area contributed by atoms with Gasteiger partial charge in [-0.25, -0.2) is 0 Å². The van der Waals surface area contributed by atoms with Crippen molar-refractivity contribution >= 4 is 22.9 Å². The molecule has 2 nitrogen and oxygen atoms in total. The topological polar surface area (TPSA) is 38.0 Å². The van der Waals surface area contributed by atoms with Gasteiger partial charge in [0.15, 0.2) is 0 Å². The molecule has 1 atom stereocenters. The number of thiophene rings is 1. The van der Waals surface area contributed by atoms with Crippen LogP contribution in [0.3, 0.4) is 0 Å². The Kier molecular flexibility index (Phi) is 4.99. The van der Waals surface area contributed by atoms with Gasteiger partial charge < -0.3 is 0 Å². The highest BCUT2D eigenvalue weighted by Gasteiger charge is 2.11. The van der Waals surface area contributed by atoms with Crippen molar-refractivity contribution in [3.05, 3.63) is 56.2 Å². The predicted octanol–water partition coefficient (Wildman–Crippen LogP) is 3.64. The number of hydrogen-bond acceptors (Lipinski definition) is 3. The average Bonchev–Trinajstić information content (AvgIpc) is 2.78. The molecule has 0 amide bonds. The molecule has 0 aliphatic carbocycles. The van der Waals surface area contributed by atoms with Crippen LogP contribution in [0.1, 0.15) is 21.6 Å². The Bertz CT molecular complexity index is 551. The summed E-state index contributed by atoms with van der Waals surface area (Å²) in [6.45, 7) is 4.27. The minimum Gasteiger partial charge on any atom is -0.271 e. The molecule has 1 unspecified atom stereocenters. The molecule has 3 N–H and O–H groups in total. The number of hydrazine groups is 1. The lowest BCUT2D eigenvalue weighted by molar-refractivity contribution is 0.525. The number of nitrogens with one attached hydrogen (secondary N) is 1. The van der Waals surface area contributed by atoms with Gasteiger partial charge in [0.25, 0.3) is 0 Å². The molecule has 19 heavy (non-hydrogen) atoms. The van der Waals surface area contributed by atoms with Crippen molar-refractivity contribution in [3.8, 4) is 0 Å². The van der Waals surface area contributed by atoms with E-state index in [0.29, 0.717) is 0 Å². The first-order valence-corrected chi connectivity index (χ1v) is 7.54. The number of nitrogens with two attached hydrogens (primary N) is 1. The van der Waals surface area contributed by atoms with Gasteiger partial charge in [0.05, 0.1) is 4.34 Å². The first-order valence-electron chi connectivity index (χ1n) is 6.35. The van der Waals surface area contributed by atoms with Crippen LogP contribution in [0.5, 0.6) is 0 Å². The smallest absolute Gasteiger partial charge is 0.0931 e. The van der Waals surface area contributed by atoms with E-state index in [4.69, 9.17) is 17.4 Å². The average molecular weight is 295 g/mol. The van der Waals surface area contributed by atoms with Gasteiger partial charge in [-0.05, 0) is 55.5 Å². The molecule has 2 rings (SSSR count). The van der Waals surface area contributed by atoms with E-state index in [0.717, 1.165) is 17.2 Å². The maximum atomic E-state index is 5.95. The highest BCUT2D eigenvalue weighted by atomic mass is 35.5. The van der Waals surface area contributed by atoms with Crippen LogP contribution < -0.4 is 11.3 Å². The van der Waals surface area contributed by atoms with Crippen molar-refractivity contribution in [1.82, 2.24) is 5.43 Å². The summed E-state index contributed by atoms with van der Waals surface area (Å²) in [4.78, 5) is 1.26. The summed E-state index contributed by atoms with van der Waals surface area (Å²) in [5, 5.41) is 0. The molecule has 0 fully saturated rings. The van der Waals surface area contributed by atoms with Crippen LogP contribution in [-0.4, -0.2) is 6.04 Å². The first kappa shape index (κ1) is 14.5. The summed E-state index contributed by atoms with van der Waals surface area (Å²) < 4.78 is 0.831. The zero-order chi connectivity index (χ0) is 13.8. The second kappa shape index (κ2) is 6.53. The monoisotopic (exact) mass is 294 g/mol. The van der Waals surface area contributed by atoms with E-state index in [9.17, 15) is 0 Å². The fourth-order valence-electron chi connectivity index (χ4n) is 2.11. The quantitative estimate of drug-likeness (QED) is 0.653. The van der Waals surface area contributed by atoms with E-state index in [1.165, 1.54) is 21.6 Å². The van der Waals surface area contributed by atoms with E-state index in [1.807, 2.05) is 6.07 Å². The van der Waals surface area contributed by atoms with Crippen LogP contribution in [0, 0.1) is 13.8 Å². The molecule has 0 aliphatic rings. The summed E-state index contributed by atoms with van der Waals surface area (Å²) in [5.41, 5.74) is 6.87. The molecular weight excluding hydrogens is 276 g/mol. The van der Waals surface area contributed by atoms with E-state index >= 15 is 0 Å². The molecule has 1 aromatic carbocycles. The third-order valence-electron chi connectivity index (χ3n) is 3.37. The van der Waals surface area contributed by atoms with Gasteiger partial charge in [-0.1, -0.05) is 29.8 Å². The van der Waals surface area contributed by atoms with Gasteiger partial charge in [-0.15, -0.1) is 11.3 Å². The third kappa shape index (κ3) is 4.05. The van der Waals surface area contributed by atoms with Crippen molar-refractivity contribution in [2.24, 2.45) is 5.84 Å². The lowest BCUT2D eigenvalue weighted by Crippen LogP contribution is -2.38. The van der Waals surface area contributed by atoms with E-state index in [-0.39, 0.29) is 6.04 Å². The highest BCUT2D eigenvalue weighted by molar-refractivity contribution is 7.16. The zero-order valence-electron chi connectivity index (χ0n) is 11.2. The van der Waals surface area contributed by atoms with Crippen molar-refractivity contribution in [3.63, 3.8) is 0 Å². The second-order valence-corrected chi connectivity index (χ2v) is 6.70. The van der Waals surface area contributed by atoms with Crippen LogP contribution in [0.15, 0.2) is 30.3 Å². The molecule has 0 radical (unpaired) electrons. The molecule has 4 heteroatoms. The van der Waals surface area contributed by atoms with E-state index in [2.05, 4.69) is 43.5 Å². The molecular formula is C15H19ClN2S. The molecule has 0 aliphatic heterocycles. The Labute approximate surface area is 123 Å². The van der Waals surface area contributed by atoms with Gasteiger partial charge >= 0.3 is 0 Å². The Hall–Kier alpha value is -0.870. The molecule has 2 aromatic rings. The summed E-state index contributed by atoms with van der Waals surface area (Å²) in [6.07, 6.45) is 1.83.